The van der Waals surface area contributed by atoms with Gasteiger partial charge >= 0.3 is 0 Å². The molecule has 2 fully saturated rings. The van der Waals surface area contributed by atoms with Crippen molar-refractivity contribution < 1.29 is 0 Å². The third-order valence-electron chi connectivity index (χ3n) is 5.29. The van der Waals surface area contributed by atoms with Crippen LogP contribution in [0.2, 0.25) is 0 Å². The van der Waals surface area contributed by atoms with E-state index in [1.54, 1.807) is 0 Å². The number of aliphatic imine (C=N–C) groups is 1. The van der Waals surface area contributed by atoms with Crippen LogP contribution in [-0.2, 0) is 5.41 Å². The molecule has 1 aromatic rings. The number of likely N-dealkylation sites (tertiary alicyclic amines) is 1. The minimum atomic E-state index is 0.283. The van der Waals surface area contributed by atoms with Crippen molar-refractivity contribution >= 4 is 21.9 Å². The highest BCUT2D eigenvalue weighted by molar-refractivity contribution is 9.10. The third kappa shape index (κ3) is 4.07. The number of nitrogens with one attached hydrogen (secondary N) is 2. The topological polar surface area (TPSA) is 39.7 Å². The molecule has 4 nitrogen and oxygen atoms in total. The van der Waals surface area contributed by atoms with E-state index in [0.29, 0.717) is 6.04 Å². The fraction of sp³-hybridized carbons (Fsp3) is 0.611. The number of rotatable bonds is 5. The Hall–Kier alpha value is -1.07. The lowest BCUT2D eigenvalue weighted by molar-refractivity contribution is 0.309. The van der Waals surface area contributed by atoms with Gasteiger partial charge in [0.25, 0.3) is 0 Å². The van der Waals surface area contributed by atoms with Gasteiger partial charge in [0.2, 0.25) is 0 Å². The lowest BCUT2D eigenvalue weighted by Crippen LogP contribution is -2.45. The van der Waals surface area contributed by atoms with Crippen LogP contribution >= 0.6 is 15.9 Å². The molecular weight excluding hydrogens is 352 g/mol. The number of hydrogen-bond acceptors (Lipinski definition) is 2. The monoisotopic (exact) mass is 378 g/mol. The minimum Gasteiger partial charge on any atom is -0.356 e. The molecule has 1 saturated heterocycles. The van der Waals surface area contributed by atoms with Crippen molar-refractivity contribution in [1.29, 1.82) is 0 Å². The second-order valence-corrected chi connectivity index (χ2v) is 7.79. The number of likely N-dealkylation sites (N-methyl/N-ethyl adjacent to an activating group) is 1. The first-order valence-electron chi connectivity index (χ1n) is 8.54. The quantitative estimate of drug-likeness (QED) is 0.611. The first-order valence-corrected chi connectivity index (χ1v) is 9.33. The molecule has 1 unspecified atom stereocenters. The van der Waals surface area contributed by atoms with Crippen molar-refractivity contribution in [3.63, 3.8) is 0 Å². The van der Waals surface area contributed by atoms with Gasteiger partial charge < -0.3 is 15.5 Å². The normalized spacial score (nSPS) is 23.8. The standard InChI is InChI=1S/C18H27BrN4/c1-20-17(21-12-16-7-4-10-23(16)2)22-13-18(8-9-18)14-5-3-6-15(19)11-14/h3,5-6,11,16H,4,7-10,12-13H2,1-2H3,(H2,20,21,22). The van der Waals surface area contributed by atoms with E-state index in [-0.39, 0.29) is 5.41 Å². The molecular formula is C18H27BrN4. The molecule has 0 spiro atoms. The summed E-state index contributed by atoms with van der Waals surface area (Å²) >= 11 is 3.58. The number of halogens is 1. The van der Waals surface area contributed by atoms with Crippen LogP contribution < -0.4 is 10.6 Å². The summed E-state index contributed by atoms with van der Waals surface area (Å²) in [4.78, 5) is 6.82. The van der Waals surface area contributed by atoms with Crippen molar-refractivity contribution in [3.8, 4) is 0 Å². The van der Waals surface area contributed by atoms with Crippen molar-refractivity contribution in [2.24, 2.45) is 4.99 Å². The number of guanidine groups is 1. The molecule has 0 bridgehead atoms. The molecule has 1 atom stereocenters. The second kappa shape index (κ2) is 7.22. The maximum atomic E-state index is 4.38. The van der Waals surface area contributed by atoms with Gasteiger partial charge in [-0.2, -0.15) is 0 Å². The second-order valence-electron chi connectivity index (χ2n) is 6.87. The average Bonchev–Trinajstić information content (AvgIpc) is 3.24. The van der Waals surface area contributed by atoms with E-state index in [1.165, 1.54) is 37.8 Å². The van der Waals surface area contributed by atoms with Crippen LogP contribution in [0.3, 0.4) is 0 Å². The van der Waals surface area contributed by atoms with E-state index in [4.69, 9.17) is 0 Å². The summed E-state index contributed by atoms with van der Waals surface area (Å²) in [6.45, 7) is 3.13. The van der Waals surface area contributed by atoms with E-state index in [1.807, 2.05) is 7.05 Å². The Kier molecular flexibility index (Phi) is 5.27. The number of hydrogen-bond donors (Lipinski definition) is 2. The predicted octanol–water partition coefficient (Wildman–Crippen LogP) is 2.74. The van der Waals surface area contributed by atoms with Gasteiger partial charge in [0.1, 0.15) is 0 Å². The Morgan fingerprint density at radius 1 is 1.39 bits per heavy atom. The SMILES string of the molecule is CN=C(NCC1CCCN1C)NCC1(c2cccc(Br)c2)CC1. The summed E-state index contributed by atoms with van der Waals surface area (Å²) in [5.41, 5.74) is 1.70. The molecule has 1 heterocycles. The van der Waals surface area contributed by atoms with Gasteiger partial charge in [0.05, 0.1) is 0 Å². The number of nitrogens with zero attached hydrogens (tertiary/aromatic N) is 2. The Morgan fingerprint density at radius 3 is 2.83 bits per heavy atom. The van der Waals surface area contributed by atoms with Gasteiger partial charge in [-0.15, -0.1) is 0 Å². The lowest BCUT2D eigenvalue weighted by atomic mass is 9.96. The van der Waals surface area contributed by atoms with Crippen LogP contribution in [-0.4, -0.2) is 50.6 Å². The van der Waals surface area contributed by atoms with E-state index in [9.17, 15) is 0 Å². The maximum absolute atomic E-state index is 4.38. The molecule has 1 saturated carbocycles. The van der Waals surface area contributed by atoms with Crippen molar-refractivity contribution in [3.05, 3.63) is 34.3 Å². The zero-order valence-corrected chi connectivity index (χ0v) is 15.7. The van der Waals surface area contributed by atoms with Crippen molar-refractivity contribution in [2.45, 2.75) is 37.1 Å². The van der Waals surface area contributed by atoms with E-state index in [0.717, 1.165) is 23.5 Å². The van der Waals surface area contributed by atoms with Crippen LogP contribution in [0.15, 0.2) is 33.7 Å². The van der Waals surface area contributed by atoms with E-state index in [2.05, 4.69) is 67.8 Å². The smallest absolute Gasteiger partial charge is 0.191 e. The van der Waals surface area contributed by atoms with Gasteiger partial charge in [-0.1, -0.05) is 28.1 Å². The van der Waals surface area contributed by atoms with Gasteiger partial charge in [-0.05, 0) is 57.0 Å². The van der Waals surface area contributed by atoms with Gasteiger partial charge in [0, 0.05) is 36.1 Å². The summed E-state index contributed by atoms with van der Waals surface area (Å²) in [5.74, 6) is 0.923. The summed E-state index contributed by atoms with van der Waals surface area (Å²) in [7, 11) is 4.06. The fourth-order valence-corrected chi connectivity index (χ4v) is 3.86. The van der Waals surface area contributed by atoms with Gasteiger partial charge in [-0.3, -0.25) is 4.99 Å². The van der Waals surface area contributed by atoms with E-state index < -0.39 is 0 Å². The summed E-state index contributed by atoms with van der Waals surface area (Å²) in [5, 5.41) is 7.03. The Morgan fingerprint density at radius 2 is 2.22 bits per heavy atom. The summed E-state index contributed by atoms with van der Waals surface area (Å²) < 4.78 is 1.16. The highest BCUT2D eigenvalue weighted by Crippen LogP contribution is 2.48. The molecule has 23 heavy (non-hydrogen) atoms. The molecule has 5 heteroatoms. The number of benzene rings is 1. The molecule has 2 aliphatic rings. The lowest BCUT2D eigenvalue weighted by Gasteiger charge is -2.23. The summed E-state index contributed by atoms with van der Waals surface area (Å²) in [6, 6.07) is 9.34. The molecule has 1 aromatic carbocycles. The minimum absolute atomic E-state index is 0.283. The van der Waals surface area contributed by atoms with Gasteiger partial charge in [-0.25, -0.2) is 0 Å². The molecule has 1 aliphatic carbocycles. The van der Waals surface area contributed by atoms with Crippen LogP contribution in [0.4, 0.5) is 0 Å². The predicted molar refractivity (Wildman–Crippen MR) is 100 cm³/mol. The zero-order valence-electron chi connectivity index (χ0n) is 14.1. The largest absolute Gasteiger partial charge is 0.356 e. The van der Waals surface area contributed by atoms with Crippen LogP contribution in [0, 0.1) is 0 Å². The molecule has 0 amide bonds. The molecule has 1 aliphatic heterocycles. The average molecular weight is 379 g/mol. The first-order chi connectivity index (χ1) is 11.1. The molecule has 0 radical (unpaired) electrons. The van der Waals surface area contributed by atoms with Crippen LogP contribution in [0.1, 0.15) is 31.2 Å². The van der Waals surface area contributed by atoms with Crippen molar-refractivity contribution in [1.82, 2.24) is 15.5 Å². The Balaban J connectivity index is 1.52. The molecule has 126 valence electrons. The molecule has 0 aromatic heterocycles. The maximum Gasteiger partial charge on any atom is 0.191 e. The first kappa shape index (κ1) is 16.8. The van der Waals surface area contributed by atoms with Gasteiger partial charge in [0.15, 0.2) is 5.96 Å². The zero-order chi connectivity index (χ0) is 16.3. The van der Waals surface area contributed by atoms with E-state index >= 15 is 0 Å². The highest BCUT2D eigenvalue weighted by Gasteiger charge is 2.44. The fourth-order valence-electron chi connectivity index (χ4n) is 3.46. The Labute approximate surface area is 147 Å². The molecule has 3 rings (SSSR count). The van der Waals surface area contributed by atoms with Crippen molar-refractivity contribution in [2.75, 3.05) is 33.7 Å². The molecule has 2 N–H and O–H groups in total. The highest BCUT2D eigenvalue weighted by atomic mass is 79.9. The van der Waals surface area contributed by atoms with Crippen LogP contribution in [0.25, 0.3) is 0 Å². The summed E-state index contributed by atoms with van der Waals surface area (Å²) in [6.07, 6.45) is 5.08. The third-order valence-corrected chi connectivity index (χ3v) is 5.78. The van der Waals surface area contributed by atoms with Crippen LogP contribution in [0.5, 0.6) is 0 Å². The Bertz CT molecular complexity index is 568.